The van der Waals surface area contributed by atoms with Crippen LogP contribution in [-0.4, -0.2) is 52.8 Å². The maximum Gasteiger partial charge on any atom is 0.223 e. The largest absolute Gasteiger partial charge is 0.371 e. The standard InChI is InChI=1S/C16H23FN4O/c17-13-7-18-15(19-8-13)20-14-6-16(22-10-14)4-1-5-21(11-16)9-12-2-3-12/h7-8,12,14H,1-6,9-11H2,(H,18,19,20). The summed E-state index contributed by atoms with van der Waals surface area (Å²) < 4.78 is 19.0. The van der Waals surface area contributed by atoms with Crippen LogP contribution >= 0.6 is 0 Å². The van der Waals surface area contributed by atoms with Crippen molar-refractivity contribution in [1.82, 2.24) is 14.9 Å². The Hall–Kier alpha value is -1.27. The minimum Gasteiger partial charge on any atom is -0.371 e. The maximum atomic E-state index is 12.9. The van der Waals surface area contributed by atoms with Crippen molar-refractivity contribution in [3.8, 4) is 0 Å². The van der Waals surface area contributed by atoms with Crippen LogP contribution in [0, 0.1) is 11.7 Å². The summed E-state index contributed by atoms with van der Waals surface area (Å²) >= 11 is 0. The fraction of sp³-hybridized carbons (Fsp3) is 0.750. The van der Waals surface area contributed by atoms with Gasteiger partial charge in [0.15, 0.2) is 5.82 Å². The highest BCUT2D eigenvalue weighted by Crippen LogP contribution is 2.37. The molecule has 0 radical (unpaired) electrons. The minimum absolute atomic E-state index is 0.00909. The lowest BCUT2D eigenvalue weighted by molar-refractivity contribution is -0.0521. The lowest BCUT2D eigenvalue weighted by atomic mass is 9.88. The number of aromatic nitrogens is 2. The van der Waals surface area contributed by atoms with Gasteiger partial charge in [-0.2, -0.15) is 0 Å². The van der Waals surface area contributed by atoms with E-state index in [2.05, 4.69) is 20.2 Å². The van der Waals surface area contributed by atoms with Crippen LogP contribution in [0.25, 0.3) is 0 Å². The topological polar surface area (TPSA) is 50.3 Å². The summed E-state index contributed by atoms with van der Waals surface area (Å²) in [7, 11) is 0. The van der Waals surface area contributed by atoms with E-state index in [1.165, 1.54) is 44.7 Å². The van der Waals surface area contributed by atoms with Gasteiger partial charge in [0.2, 0.25) is 5.95 Å². The summed E-state index contributed by atoms with van der Waals surface area (Å²) in [6.07, 6.45) is 8.52. The predicted octanol–water partition coefficient (Wildman–Crippen LogP) is 2.06. The summed E-state index contributed by atoms with van der Waals surface area (Å²) in [4.78, 5) is 10.5. The molecule has 6 heteroatoms. The SMILES string of the molecule is Fc1cnc(NC2COC3(CCCN(CC4CC4)C3)C2)nc1. The average Bonchev–Trinajstić information content (AvgIpc) is 3.24. The van der Waals surface area contributed by atoms with Crippen molar-refractivity contribution in [2.24, 2.45) is 5.92 Å². The summed E-state index contributed by atoms with van der Waals surface area (Å²) in [6.45, 7) is 4.18. The second kappa shape index (κ2) is 5.74. The summed E-state index contributed by atoms with van der Waals surface area (Å²) in [5.41, 5.74) is -0.00909. The first-order valence-corrected chi connectivity index (χ1v) is 8.31. The molecule has 3 heterocycles. The molecular formula is C16H23FN4O. The molecule has 5 nitrogen and oxygen atoms in total. The summed E-state index contributed by atoms with van der Waals surface area (Å²) in [6, 6.07) is 0.214. The molecule has 1 aromatic rings. The molecule has 2 atom stereocenters. The fourth-order valence-corrected chi connectivity index (χ4v) is 3.80. The van der Waals surface area contributed by atoms with Gasteiger partial charge in [-0.25, -0.2) is 14.4 Å². The molecule has 4 rings (SSSR count). The van der Waals surface area contributed by atoms with Gasteiger partial charge in [-0.05, 0) is 38.1 Å². The van der Waals surface area contributed by atoms with Crippen molar-refractivity contribution in [3.63, 3.8) is 0 Å². The molecule has 1 saturated carbocycles. The molecule has 22 heavy (non-hydrogen) atoms. The Bertz CT molecular complexity index is 521. The number of piperidine rings is 1. The van der Waals surface area contributed by atoms with Gasteiger partial charge in [0.25, 0.3) is 0 Å². The van der Waals surface area contributed by atoms with E-state index >= 15 is 0 Å². The first-order chi connectivity index (χ1) is 10.7. The van der Waals surface area contributed by atoms with E-state index < -0.39 is 5.82 Å². The zero-order valence-corrected chi connectivity index (χ0v) is 12.8. The van der Waals surface area contributed by atoms with E-state index in [1.807, 2.05) is 0 Å². The third-order valence-electron chi connectivity index (χ3n) is 4.99. The van der Waals surface area contributed by atoms with Gasteiger partial charge in [0, 0.05) is 19.5 Å². The quantitative estimate of drug-likeness (QED) is 0.923. The number of rotatable bonds is 4. The van der Waals surface area contributed by atoms with Crippen LogP contribution in [0.2, 0.25) is 0 Å². The van der Waals surface area contributed by atoms with Crippen LogP contribution in [0.15, 0.2) is 12.4 Å². The van der Waals surface area contributed by atoms with Crippen LogP contribution < -0.4 is 5.32 Å². The molecule has 3 fully saturated rings. The van der Waals surface area contributed by atoms with Gasteiger partial charge in [0.1, 0.15) is 0 Å². The molecule has 2 saturated heterocycles. The van der Waals surface area contributed by atoms with Crippen molar-refractivity contribution < 1.29 is 9.13 Å². The van der Waals surface area contributed by atoms with Crippen LogP contribution in [-0.2, 0) is 4.74 Å². The first kappa shape index (κ1) is 14.3. The Morgan fingerprint density at radius 2 is 2.18 bits per heavy atom. The van der Waals surface area contributed by atoms with Gasteiger partial charge in [-0.15, -0.1) is 0 Å². The monoisotopic (exact) mass is 306 g/mol. The molecule has 2 unspecified atom stereocenters. The minimum atomic E-state index is -0.410. The van der Waals surface area contributed by atoms with E-state index in [0.717, 1.165) is 25.3 Å². The molecule has 0 bridgehead atoms. The van der Waals surface area contributed by atoms with Gasteiger partial charge in [-0.1, -0.05) is 0 Å². The molecule has 1 aromatic heterocycles. The van der Waals surface area contributed by atoms with Gasteiger partial charge in [-0.3, -0.25) is 0 Å². The average molecular weight is 306 g/mol. The molecule has 120 valence electrons. The van der Waals surface area contributed by atoms with Gasteiger partial charge < -0.3 is 15.0 Å². The maximum absolute atomic E-state index is 12.9. The Balaban J connectivity index is 1.35. The van der Waals surface area contributed by atoms with Crippen molar-refractivity contribution in [2.75, 3.05) is 31.6 Å². The van der Waals surface area contributed by atoms with Crippen LogP contribution in [0.3, 0.4) is 0 Å². The van der Waals surface area contributed by atoms with Crippen molar-refractivity contribution >= 4 is 5.95 Å². The van der Waals surface area contributed by atoms with E-state index in [0.29, 0.717) is 12.6 Å². The summed E-state index contributed by atoms with van der Waals surface area (Å²) in [5, 5.41) is 3.28. The van der Waals surface area contributed by atoms with E-state index in [4.69, 9.17) is 4.74 Å². The predicted molar refractivity (Wildman–Crippen MR) is 81.1 cm³/mol. The Labute approximate surface area is 130 Å². The van der Waals surface area contributed by atoms with Crippen molar-refractivity contribution in [1.29, 1.82) is 0 Å². The molecular weight excluding hydrogens is 283 g/mol. The smallest absolute Gasteiger partial charge is 0.223 e. The number of halogens is 1. The van der Waals surface area contributed by atoms with Crippen LogP contribution in [0.4, 0.5) is 10.3 Å². The van der Waals surface area contributed by atoms with E-state index in [9.17, 15) is 4.39 Å². The van der Waals surface area contributed by atoms with Crippen molar-refractivity contribution in [3.05, 3.63) is 18.2 Å². The molecule has 0 amide bonds. The Kier molecular flexibility index (Phi) is 3.74. The van der Waals surface area contributed by atoms with E-state index in [1.54, 1.807) is 0 Å². The fourth-order valence-electron chi connectivity index (χ4n) is 3.80. The molecule has 1 aliphatic carbocycles. The highest BCUT2D eigenvalue weighted by atomic mass is 19.1. The molecule has 0 aromatic carbocycles. The second-order valence-electron chi connectivity index (χ2n) is 7.05. The number of nitrogens with one attached hydrogen (secondary N) is 1. The normalized spacial score (nSPS) is 32.5. The third-order valence-corrected chi connectivity index (χ3v) is 4.99. The number of likely N-dealkylation sites (tertiary alicyclic amines) is 1. The number of hydrogen-bond donors (Lipinski definition) is 1. The zero-order valence-electron chi connectivity index (χ0n) is 12.8. The molecule has 1 spiro atoms. The van der Waals surface area contributed by atoms with Crippen LogP contribution in [0.5, 0.6) is 0 Å². The number of ether oxygens (including phenoxy) is 1. The third kappa shape index (κ3) is 3.22. The Morgan fingerprint density at radius 3 is 2.95 bits per heavy atom. The molecule has 2 aliphatic heterocycles. The highest BCUT2D eigenvalue weighted by Gasteiger charge is 2.44. The zero-order chi connectivity index (χ0) is 15.0. The molecule has 1 N–H and O–H groups in total. The second-order valence-corrected chi connectivity index (χ2v) is 7.05. The molecule has 3 aliphatic rings. The number of anilines is 1. The Morgan fingerprint density at radius 1 is 1.36 bits per heavy atom. The first-order valence-electron chi connectivity index (χ1n) is 8.31. The lowest BCUT2D eigenvalue weighted by Crippen LogP contribution is -2.48. The number of nitrogens with zero attached hydrogens (tertiary/aromatic N) is 3. The van der Waals surface area contributed by atoms with Gasteiger partial charge in [0.05, 0.1) is 30.6 Å². The highest BCUT2D eigenvalue weighted by molar-refractivity contribution is 5.25. The van der Waals surface area contributed by atoms with E-state index in [-0.39, 0.29) is 11.6 Å². The number of hydrogen-bond acceptors (Lipinski definition) is 5. The van der Waals surface area contributed by atoms with Crippen molar-refractivity contribution in [2.45, 2.75) is 43.7 Å². The lowest BCUT2D eigenvalue weighted by Gasteiger charge is -2.39. The van der Waals surface area contributed by atoms with Crippen LogP contribution in [0.1, 0.15) is 32.1 Å². The van der Waals surface area contributed by atoms with Gasteiger partial charge >= 0.3 is 0 Å². The summed E-state index contributed by atoms with van der Waals surface area (Å²) in [5.74, 6) is 1.00.